The lowest BCUT2D eigenvalue weighted by molar-refractivity contribution is 0.0969. The van der Waals surface area contributed by atoms with Crippen molar-refractivity contribution in [2.24, 2.45) is 10.9 Å². The van der Waals surface area contributed by atoms with Crippen LogP contribution >= 0.6 is 23.5 Å². The van der Waals surface area contributed by atoms with E-state index in [0.717, 1.165) is 37.4 Å². The molecule has 10 heteroatoms. The predicted octanol–water partition coefficient (Wildman–Crippen LogP) is 3.09. The monoisotopic (exact) mass is 442 g/mol. The van der Waals surface area contributed by atoms with E-state index in [1.807, 2.05) is 6.26 Å². The highest BCUT2D eigenvalue weighted by atomic mass is 32.2. The van der Waals surface area contributed by atoms with Crippen LogP contribution in [0.3, 0.4) is 0 Å². The van der Waals surface area contributed by atoms with E-state index in [4.69, 9.17) is 5.84 Å². The normalized spacial score (nSPS) is 16.4. The molecule has 0 aromatic heterocycles. The fraction of sp³-hybridized carbons (Fsp3) is 0.444. The number of sulfonamides is 1. The molecule has 0 aliphatic carbocycles. The van der Waals surface area contributed by atoms with E-state index in [9.17, 15) is 13.2 Å². The zero-order valence-corrected chi connectivity index (χ0v) is 18.6. The van der Waals surface area contributed by atoms with Crippen molar-refractivity contribution < 1.29 is 13.2 Å². The van der Waals surface area contributed by atoms with E-state index in [2.05, 4.69) is 17.0 Å². The summed E-state index contributed by atoms with van der Waals surface area (Å²) in [6.07, 6.45) is 5.61. The second kappa shape index (κ2) is 10.3. The summed E-state index contributed by atoms with van der Waals surface area (Å²) >= 11 is 2.48. The number of carbonyl (C=O) groups is 1. The Bertz CT molecular complexity index is 861. The number of nitrogens with one attached hydrogen (secondary N) is 1. The van der Waals surface area contributed by atoms with Crippen molar-refractivity contribution in [1.29, 1.82) is 0 Å². The highest BCUT2D eigenvalue weighted by Crippen LogP contribution is 2.25. The highest BCUT2D eigenvalue weighted by molar-refractivity contribution is 8.40. The maximum absolute atomic E-state index is 13.1. The molecule has 0 spiro atoms. The van der Waals surface area contributed by atoms with Crippen molar-refractivity contribution in [2.75, 3.05) is 19.3 Å². The lowest BCUT2D eigenvalue weighted by atomic mass is 10.1. The summed E-state index contributed by atoms with van der Waals surface area (Å²) in [4.78, 5) is 12.7. The predicted molar refractivity (Wildman–Crippen MR) is 118 cm³/mol. The average molecular weight is 443 g/mol. The van der Waals surface area contributed by atoms with E-state index in [1.54, 1.807) is 19.1 Å². The van der Waals surface area contributed by atoms with Crippen molar-refractivity contribution in [3.05, 3.63) is 40.9 Å². The van der Waals surface area contributed by atoms with Gasteiger partial charge in [-0.2, -0.15) is 9.41 Å². The molecular formula is C18H26N4O3S3. The number of nitrogens with two attached hydrogens (primary N) is 1. The van der Waals surface area contributed by atoms with Gasteiger partial charge in [0.1, 0.15) is 0 Å². The van der Waals surface area contributed by atoms with E-state index in [0.29, 0.717) is 28.1 Å². The minimum atomic E-state index is -3.64. The standard InChI is InChI=1S/C18H26N4O3S3/c1-13-8-9-15(17(23)20-14(2)27-18(21-19)26-3)12-16(13)28(24,25)22-10-6-4-5-7-11-22/h8-9,12H,2,4-7,10-11,19H2,1,3H3,(H,20,23)/b21-18-. The molecule has 0 bridgehead atoms. The van der Waals surface area contributed by atoms with Crippen LogP contribution in [0.25, 0.3) is 0 Å². The quantitative estimate of drug-likeness (QED) is 0.314. The fourth-order valence-corrected chi connectivity index (χ4v) is 5.81. The molecule has 1 aliphatic heterocycles. The first kappa shape index (κ1) is 22.8. The summed E-state index contributed by atoms with van der Waals surface area (Å²) in [5.74, 6) is 4.83. The van der Waals surface area contributed by atoms with Crippen LogP contribution in [-0.2, 0) is 10.0 Å². The van der Waals surface area contributed by atoms with Gasteiger partial charge in [-0.1, -0.05) is 25.5 Å². The Hall–Kier alpha value is -1.49. The third kappa shape index (κ3) is 5.76. The molecule has 1 amide bonds. The number of aryl methyl sites for hydroxylation is 1. The topological polar surface area (TPSA) is 105 Å². The van der Waals surface area contributed by atoms with Crippen molar-refractivity contribution in [1.82, 2.24) is 9.62 Å². The van der Waals surface area contributed by atoms with Gasteiger partial charge in [0, 0.05) is 18.7 Å². The second-order valence-corrected chi connectivity index (χ2v) is 10.4. The van der Waals surface area contributed by atoms with Gasteiger partial charge in [-0.05, 0) is 55.5 Å². The number of nitrogens with zero attached hydrogens (tertiary/aromatic N) is 2. The summed E-state index contributed by atoms with van der Waals surface area (Å²) < 4.78 is 28.3. The number of hydrogen-bond acceptors (Lipinski definition) is 7. The van der Waals surface area contributed by atoms with Gasteiger partial charge in [-0.15, -0.1) is 11.8 Å². The number of benzene rings is 1. The number of hydrazone groups is 1. The minimum absolute atomic E-state index is 0.175. The Morgan fingerprint density at radius 2 is 1.89 bits per heavy atom. The molecule has 0 unspecified atom stereocenters. The van der Waals surface area contributed by atoms with Gasteiger partial charge in [-0.3, -0.25) is 4.79 Å². The van der Waals surface area contributed by atoms with Crippen LogP contribution in [0.15, 0.2) is 39.8 Å². The van der Waals surface area contributed by atoms with Crippen LogP contribution in [0.2, 0.25) is 0 Å². The fourth-order valence-electron chi connectivity index (χ4n) is 2.89. The Morgan fingerprint density at radius 3 is 2.46 bits per heavy atom. The SMILES string of the molecule is C=C(NC(=O)c1ccc(C)c(S(=O)(=O)N2CCCCCC2)c1)S/C(=N\N)SC. The van der Waals surface area contributed by atoms with Crippen molar-refractivity contribution in [3.8, 4) is 0 Å². The first-order chi connectivity index (χ1) is 13.3. The molecule has 1 saturated heterocycles. The summed E-state index contributed by atoms with van der Waals surface area (Å²) in [6.45, 7) is 6.55. The van der Waals surface area contributed by atoms with E-state index >= 15 is 0 Å². The molecule has 2 rings (SSSR count). The number of thioether (sulfide) groups is 2. The molecule has 0 saturated carbocycles. The van der Waals surface area contributed by atoms with Gasteiger partial charge in [0.2, 0.25) is 10.0 Å². The smallest absolute Gasteiger partial charge is 0.256 e. The van der Waals surface area contributed by atoms with Gasteiger partial charge in [0.15, 0.2) is 4.38 Å². The maximum Gasteiger partial charge on any atom is 0.256 e. The van der Waals surface area contributed by atoms with Crippen LogP contribution in [-0.4, -0.2) is 42.4 Å². The molecule has 1 aliphatic rings. The summed E-state index contributed by atoms with van der Waals surface area (Å²) in [7, 11) is -3.64. The van der Waals surface area contributed by atoms with Crippen LogP contribution in [0, 0.1) is 6.92 Å². The van der Waals surface area contributed by atoms with Crippen LogP contribution in [0.4, 0.5) is 0 Å². The summed E-state index contributed by atoms with van der Waals surface area (Å²) in [5.41, 5.74) is 0.880. The van der Waals surface area contributed by atoms with Crippen molar-refractivity contribution in [3.63, 3.8) is 0 Å². The maximum atomic E-state index is 13.1. The largest absolute Gasteiger partial charge is 0.322 e. The number of carbonyl (C=O) groups excluding carboxylic acids is 1. The summed E-state index contributed by atoms with van der Waals surface area (Å²) in [5, 5.41) is 6.61. The lowest BCUT2D eigenvalue weighted by Gasteiger charge is -2.21. The molecule has 3 N–H and O–H groups in total. The summed E-state index contributed by atoms with van der Waals surface area (Å²) in [6, 6.07) is 4.70. The first-order valence-corrected chi connectivity index (χ1v) is 12.4. The van der Waals surface area contributed by atoms with Crippen molar-refractivity contribution in [2.45, 2.75) is 37.5 Å². The number of hydrogen-bond donors (Lipinski definition) is 2. The molecule has 1 aromatic carbocycles. The van der Waals surface area contributed by atoms with Gasteiger partial charge in [0.25, 0.3) is 5.91 Å². The number of rotatable bonds is 5. The van der Waals surface area contributed by atoms with E-state index in [1.165, 1.54) is 22.1 Å². The zero-order valence-electron chi connectivity index (χ0n) is 16.1. The third-order valence-electron chi connectivity index (χ3n) is 4.38. The van der Waals surface area contributed by atoms with E-state index in [-0.39, 0.29) is 10.5 Å². The van der Waals surface area contributed by atoms with Crippen LogP contribution in [0.1, 0.15) is 41.6 Å². The molecule has 28 heavy (non-hydrogen) atoms. The van der Waals surface area contributed by atoms with Crippen LogP contribution in [0.5, 0.6) is 0 Å². The Labute approximate surface area is 175 Å². The molecule has 7 nitrogen and oxygen atoms in total. The lowest BCUT2D eigenvalue weighted by Crippen LogP contribution is -2.32. The molecule has 0 atom stereocenters. The van der Waals surface area contributed by atoms with E-state index < -0.39 is 15.9 Å². The zero-order chi connectivity index (χ0) is 20.7. The second-order valence-electron chi connectivity index (χ2n) is 6.38. The van der Waals surface area contributed by atoms with Crippen molar-refractivity contribution >= 4 is 43.8 Å². The van der Waals surface area contributed by atoms with Gasteiger partial charge in [-0.25, -0.2) is 8.42 Å². The Balaban J connectivity index is 2.22. The highest BCUT2D eigenvalue weighted by Gasteiger charge is 2.27. The minimum Gasteiger partial charge on any atom is -0.322 e. The molecule has 154 valence electrons. The number of amides is 1. The molecule has 0 radical (unpaired) electrons. The molecule has 1 aromatic rings. The van der Waals surface area contributed by atoms with Gasteiger partial charge in [0.05, 0.1) is 9.92 Å². The Morgan fingerprint density at radius 1 is 1.25 bits per heavy atom. The molecule has 1 heterocycles. The first-order valence-electron chi connectivity index (χ1n) is 8.90. The molecular weight excluding hydrogens is 416 g/mol. The Kier molecular flexibility index (Phi) is 8.41. The molecule has 1 fully saturated rings. The van der Waals surface area contributed by atoms with Crippen LogP contribution < -0.4 is 11.2 Å². The van der Waals surface area contributed by atoms with Gasteiger partial charge >= 0.3 is 0 Å². The average Bonchev–Trinajstić information content (AvgIpc) is 2.96. The van der Waals surface area contributed by atoms with Gasteiger partial charge < -0.3 is 11.2 Å². The third-order valence-corrected chi connectivity index (χ3v) is 8.25.